The summed E-state index contributed by atoms with van der Waals surface area (Å²) in [5, 5.41) is 0. The summed E-state index contributed by atoms with van der Waals surface area (Å²) in [6, 6.07) is 8.50. The molecule has 0 aliphatic carbocycles. The Morgan fingerprint density at radius 2 is 2.17 bits per heavy atom. The molecule has 0 aromatic heterocycles. The van der Waals surface area contributed by atoms with Crippen LogP contribution in [-0.4, -0.2) is 6.92 Å². The van der Waals surface area contributed by atoms with Crippen molar-refractivity contribution in [2.75, 3.05) is 0 Å². The summed E-state index contributed by atoms with van der Waals surface area (Å²) in [7, 11) is 0. The van der Waals surface area contributed by atoms with Gasteiger partial charge < -0.3 is 4.65 Å². The molecular formula is C10H13BO. The van der Waals surface area contributed by atoms with Crippen LogP contribution in [0.4, 0.5) is 0 Å². The van der Waals surface area contributed by atoms with Gasteiger partial charge in [0.25, 0.3) is 0 Å². The van der Waals surface area contributed by atoms with E-state index in [4.69, 9.17) is 4.65 Å². The molecule has 1 aromatic rings. The first-order valence-electron chi connectivity index (χ1n) is 4.57. The van der Waals surface area contributed by atoms with Gasteiger partial charge in [0.2, 0.25) is 0 Å². The minimum Gasteiger partial charge on any atom is -0.424 e. The third-order valence-corrected chi connectivity index (χ3v) is 2.52. The summed E-state index contributed by atoms with van der Waals surface area (Å²) in [6.07, 6.45) is 1.40. The highest BCUT2D eigenvalue weighted by Crippen LogP contribution is 2.26. The Morgan fingerprint density at radius 3 is 2.92 bits per heavy atom. The molecule has 1 atom stereocenters. The minimum atomic E-state index is 0.283. The first-order chi connectivity index (χ1) is 5.83. The molecule has 0 saturated heterocycles. The molecule has 0 N–H and O–H groups in total. The molecule has 1 unspecified atom stereocenters. The zero-order chi connectivity index (χ0) is 8.55. The van der Waals surface area contributed by atoms with E-state index in [1.165, 1.54) is 11.0 Å². The van der Waals surface area contributed by atoms with Crippen LogP contribution in [0.5, 0.6) is 0 Å². The van der Waals surface area contributed by atoms with Gasteiger partial charge in [-0.1, -0.05) is 38.0 Å². The summed E-state index contributed by atoms with van der Waals surface area (Å²) in [5.41, 5.74) is 2.75. The van der Waals surface area contributed by atoms with Crippen LogP contribution in [0.2, 0.25) is 6.82 Å². The lowest BCUT2D eigenvalue weighted by molar-refractivity contribution is 0.221. The van der Waals surface area contributed by atoms with E-state index in [1.807, 2.05) is 0 Å². The van der Waals surface area contributed by atoms with Gasteiger partial charge in [0.05, 0.1) is 6.10 Å². The fourth-order valence-corrected chi connectivity index (χ4v) is 1.88. The van der Waals surface area contributed by atoms with E-state index in [1.54, 1.807) is 0 Å². The molecule has 1 aliphatic rings. The molecule has 1 aliphatic heterocycles. The SMILES string of the molecule is CCC1OB(C)c2ccccc21. The van der Waals surface area contributed by atoms with Gasteiger partial charge in [-0.3, -0.25) is 0 Å². The molecule has 0 fully saturated rings. The monoisotopic (exact) mass is 160 g/mol. The fraction of sp³-hybridized carbons (Fsp3) is 0.400. The summed E-state index contributed by atoms with van der Waals surface area (Å²) in [4.78, 5) is 0. The van der Waals surface area contributed by atoms with Crippen LogP contribution in [0.1, 0.15) is 25.0 Å². The lowest BCUT2D eigenvalue weighted by Crippen LogP contribution is -2.23. The smallest absolute Gasteiger partial charge is 0.324 e. The maximum absolute atomic E-state index is 5.78. The Bertz CT molecular complexity index is 285. The second kappa shape index (κ2) is 2.94. The fourth-order valence-electron chi connectivity index (χ4n) is 1.88. The summed E-state index contributed by atoms with van der Waals surface area (Å²) in [6.45, 7) is 4.57. The molecular weight excluding hydrogens is 147 g/mol. The van der Waals surface area contributed by atoms with E-state index < -0.39 is 0 Å². The van der Waals surface area contributed by atoms with Crippen molar-refractivity contribution in [1.82, 2.24) is 0 Å². The second-order valence-electron chi connectivity index (χ2n) is 3.30. The number of hydrogen-bond donors (Lipinski definition) is 0. The Labute approximate surface area is 73.9 Å². The number of benzene rings is 1. The van der Waals surface area contributed by atoms with Crippen molar-refractivity contribution in [2.45, 2.75) is 26.3 Å². The third-order valence-electron chi connectivity index (χ3n) is 2.52. The molecule has 2 heteroatoms. The maximum Gasteiger partial charge on any atom is 0.324 e. The van der Waals surface area contributed by atoms with E-state index in [-0.39, 0.29) is 6.92 Å². The third kappa shape index (κ3) is 1.07. The highest BCUT2D eigenvalue weighted by atomic mass is 16.5. The average molecular weight is 160 g/mol. The van der Waals surface area contributed by atoms with E-state index in [0.29, 0.717) is 6.10 Å². The van der Waals surface area contributed by atoms with Crippen LogP contribution >= 0.6 is 0 Å². The normalized spacial score (nSPS) is 21.2. The summed E-state index contributed by atoms with van der Waals surface area (Å²) >= 11 is 0. The topological polar surface area (TPSA) is 9.23 Å². The lowest BCUT2D eigenvalue weighted by atomic mass is 9.64. The molecule has 0 spiro atoms. The Kier molecular flexibility index (Phi) is 1.93. The number of fused-ring (bicyclic) bond motifs is 1. The van der Waals surface area contributed by atoms with E-state index >= 15 is 0 Å². The van der Waals surface area contributed by atoms with Gasteiger partial charge in [-0.05, 0) is 17.4 Å². The van der Waals surface area contributed by atoms with Gasteiger partial charge in [-0.25, -0.2) is 0 Å². The zero-order valence-electron chi connectivity index (χ0n) is 7.58. The van der Waals surface area contributed by atoms with Crippen molar-refractivity contribution < 1.29 is 4.65 Å². The van der Waals surface area contributed by atoms with Crippen molar-refractivity contribution in [1.29, 1.82) is 0 Å². The first kappa shape index (κ1) is 7.87. The Balaban J connectivity index is 2.43. The molecule has 1 heterocycles. The largest absolute Gasteiger partial charge is 0.424 e. The van der Waals surface area contributed by atoms with Crippen molar-refractivity contribution in [3.8, 4) is 0 Å². The van der Waals surface area contributed by atoms with Gasteiger partial charge >= 0.3 is 6.92 Å². The molecule has 0 amide bonds. The van der Waals surface area contributed by atoms with Crippen LogP contribution in [0, 0.1) is 0 Å². The molecule has 12 heavy (non-hydrogen) atoms. The van der Waals surface area contributed by atoms with E-state index in [2.05, 4.69) is 38.0 Å². The highest BCUT2D eigenvalue weighted by Gasteiger charge is 2.29. The molecule has 0 bridgehead atoms. The summed E-state index contributed by atoms with van der Waals surface area (Å²) < 4.78 is 5.78. The molecule has 62 valence electrons. The Morgan fingerprint density at radius 1 is 1.42 bits per heavy atom. The second-order valence-corrected chi connectivity index (χ2v) is 3.30. The van der Waals surface area contributed by atoms with Crippen LogP contribution < -0.4 is 5.46 Å². The van der Waals surface area contributed by atoms with Gasteiger partial charge in [0.15, 0.2) is 0 Å². The van der Waals surface area contributed by atoms with Gasteiger partial charge in [-0.2, -0.15) is 0 Å². The van der Waals surface area contributed by atoms with Crippen molar-refractivity contribution in [3.63, 3.8) is 0 Å². The molecule has 1 aromatic carbocycles. The number of hydrogen-bond acceptors (Lipinski definition) is 1. The maximum atomic E-state index is 5.78. The average Bonchev–Trinajstić information content (AvgIpc) is 2.44. The van der Waals surface area contributed by atoms with Crippen LogP contribution in [0.15, 0.2) is 24.3 Å². The van der Waals surface area contributed by atoms with Crippen LogP contribution in [-0.2, 0) is 4.65 Å². The van der Waals surface area contributed by atoms with Gasteiger partial charge in [0.1, 0.15) is 0 Å². The quantitative estimate of drug-likeness (QED) is 0.571. The highest BCUT2D eigenvalue weighted by molar-refractivity contribution is 6.67. The minimum absolute atomic E-state index is 0.283. The predicted molar refractivity (Wildman–Crippen MR) is 51.8 cm³/mol. The molecule has 0 saturated carbocycles. The van der Waals surface area contributed by atoms with Crippen molar-refractivity contribution in [3.05, 3.63) is 29.8 Å². The number of rotatable bonds is 1. The van der Waals surface area contributed by atoms with Crippen LogP contribution in [0.25, 0.3) is 0 Å². The molecule has 2 rings (SSSR count). The first-order valence-corrected chi connectivity index (χ1v) is 4.57. The molecule has 0 radical (unpaired) electrons. The van der Waals surface area contributed by atoms with E-state index in [0.717, 1.165) is 6.42 Å². The van der Waals surface area contributed by atoms with Crippen molar-refractivity contribution in [2.24, 2.45) is 0 Å². The van der Waals surface area contributed by atoms with Crippen molar-refractivity contribution >= 4 is 12.4 Å². The molecule has 1 nitrogen and oxygen atoms in total. The standard InChI is InChI=1S/C10H13BO/c1-3-10-8-6-4-5-7-9(8)11(2)12-10/h4-7,10H,3H2,1-2H3. The van der Waals surface area contributed by atoms with Crippen LogP contribution in [0.3, 0.4) is 0 Å². The van der Waals surface area contributed by atoms with Gasteiger partial charge in [-0.15, -0.1) is 0 Å². The lowest BCUT2D eigenvalue weighted by Gasteiger charge is -2.08. The predicted octanol–water partition coefficient (Wildman–Crippen LogP) is 2.00. The van der Waals surface area contributed by atoms with E-state index in [9.17, 15) is 0 Å². The van der Waals surface area contributed by atoms with Gasteiger partial charge in [0, 0.05) is 0 Å². The summed E-state index contributed by atoms with van der Waals surface area (Å²) in [5.74, 6) is 0. The Hall–Kier alpha value is -0.755. The zero-order valence-corrected chi connectivity index (χ0v) is 7.58.